The van der Waals surface area contributed by atoms with Gasteiger partial charge in [0, 0.05) is 4.92 Å². The lowest BCUT2D eigenvalue weighted by molar-refractivity contribution is -0.530. The average Bonchev–Trinajstić information content (AvgIpc) is 2.57. The van der Waals surface area contributed by atoms with Crippen molar-refractivity contribution < 1.29 is 9.72 Å². The summed E-state index contributed by atoms with van der Waals surface area (Å²) in [6.45, 7) is 1.59. The van der Waals surface area contributed by atoms with Crippen LogP contribution in [-0.2, 0) is 4.79 Å². The van der Waals surface area contributed by atoms with Crippen LogP contribution in [0.3, 0.4) is 0 Å². The van der Waals surface area contributed by atoms with E-state index in [-0.39, 0.29) is 10.8 Å². The van der Waals surface area contributed by atoms with Crippen molar-refractivity contribution in [3.63, 3.8) is 0 Å². The summed E-state index contributed by atoms with van der Waals surface area (Å²) in [5.41, 5.74) is 0.780. The molecule has 0 radical (unpaired) electrons. The van der Waals surface area contributed by atoms with E-state index in [1.54, 1.807) is 19.1 Å². The molecule has 0 aliphatic carbocycles. The van der Waals surface area contributed by atoms with Gasteiger partial charge in [0.2, 0.25) is 11.9 Å². The monoisotopic (exact) mass is 220 g/mol. The number of carbonyl (C=O) groups excluding carboxylic acids is 1. The van der Waals surface area contributed by atoms with Gasteiger partial charge in [-0.3, -0.25) is 14.9 Å². The van der Waals surface area contributed by atoms with E-state index in [2.05, 4.69) is 5.32 Å². The number of rotatable bonds is 2. The Morgan fingerprint density at radius 3 is 2.50 bits per heavy atom. The lowest BCUT2D eigenvalue weighted by Gasteiger charge is -2.13. The van der Waals surface area contributed by atoms with Crippen LogP contribution in [0.25, 0.3) is 0 Å². The summed E-state index contributed by atoms with van der Waals surface area (Å²) in [6.07, 6.45) is 0. The number of nitrogens with one attached hydrogen (secondary N) is 1. The fourth-order valence-corrected chi connectivity index (χ4v) is 2.06. The van der Waals surface area contributed by atoms with Crippen LogP contribution in [0.4, 0.5) is 0 Å². The van der Waals surface area contributed by atoms with Crippen molar-refractivity contribution in [3.8, 4) is 0 Å². The molecular weight excluding hydrogens is 208 g/mol. The number of hydrogen-bond acceptors (Lipinski definition) is 3. The lowest BCUT2D eigenvalue weighted by Crippen LogP contribution is -2.30. The van der Waals surface area contributed by atoms with E-state index in [0.29, 0.717) is 0 Å². The van der Waals surface area contributed by atoms with E-state index < -0.39 is 18.0 Å². The second-order valence-corrected chi connectivity index (χ2v) is 3.96. The molecule has 5 heteroatoms. The summed E-state index contributed by atoms with van der Waals surface area (Å²) < 4.78 is 0. The molecule has 3 atom stereocenters. The van der Waals surface area contributed by atoms with Crippen molar-refractivity contribution in [2.24, 2.45) is 5.92 Å². The molecule has 84 valence electrons. The quantitative estimate of drug-likeness (QED) is 0.600. The number of amides is 1. The van der Waals surface area contributed by atoms with Crippen LogP contribution in [0, 0.1) is 16.0 Å². The summed E-state index contributed by atoms with van der Waals surface area (Å²) in [5.74, 6) is -0.837. The van der Waals surface area contributed by atoms with Gasteiger partial charge in [-0.2, -0.15) is 0 Å². The van der Waals surface area contributed by atoms with Gasteiger partial charge in [-0.15, -0.1) is 0 Å². The molecule has 1 aromatic rings. The Kier molecular flexibility index (Phi) is 2.60. The zero-order valence-corrected chi connectivity index (χ0v) is 8.79. The van der Waals surface area contributed by atoms with Crippen molar-refractivity contribution in [3.05, 3.63) is 46.0 Å². The maximum absolute atomic E-state index is 11.5. The summed E-state index contributed by atoms with van der Waals surface area (Å²) in [5, 5.41) is 13.6. The van der Waals surface area contributed by atoms with Gasteiger partial charge in [0.25, 0.3) is 0 Å². The Labute approximate surface area is 92.6 Å². The Morgan fingerprint density at radius 2 is 1.94 bits per heavy atom. The Balaban J connectivity index is 2.34. The molecule has 3 unspecified atom stereocenters. The molecule has 2 rings (SSSR count). The fraction of sp³-hybridized carbons (Fsp3) is 0.364. The molecule has 0 saturated carbocycles. The minimum absolute atomic E-state index is 0.254. The van der Waals surface area contributed by atoms with Gasteiger partial charge in [-0.05, 0) is 12.5 Å². The van der Waals surface area contributed by atoms with Gasteiger partial charge >= 0.3 is 0 Å². The third kappa shape index (κ3) is 1.64. The van der Waals surface area contributed by atoms with Gasteiger partial charge in [-0.25, -0.2) is 0 Å². The van der Waals surface area contributed by atoms with E-state index >= 15 is 0 Å². The second-order valence-electron chi connectivity index (χ2n) is 3.96. The third-order valence-electron chi connectivity index (χ3n) is 2.97. The Bertz CT molecular complexity index is 418. The zero-order chi connectivity index (χ0) is 11.7. The van der Waals surface area contributed by atoms with Crippen LogP contribution in [0.1, 0.15) is 18.5 Å². The number of hydrogen-bond donors (Lipinski definition) is 1. The second kappa shape index (κ2) is 3.92. The molecule has 5 nitrogen and oxygen atoms in total. The number of nitro groups is 1. The van der Waals surface area contributed by atoms with E-state index in [9.17, 15) is 14.9 Å². The van der Waals surface area contributed by atoms with Gasteiger partial charge < -0.3 is 5.32 Å². The van der Waals surface area contributed by atoms with Crippen molar-refractivity contribution in [1.82, 2.24) is 5.32 Å². The van der Waals surface area contributed by atoms with E-state index in [4.69, 9.17) is 0 Å². The fourth-order valence-electron chi connectivity index (χ4n) is 2.06. The molecule has 1 aliphatic heterocycles. The third-order valence-corrected chi connectivity index (χ3v) is 2.97. The molecular formula is C11H12N2O3. The summed E-state index contributed by atoms with van der Waals surface area (Å²) in [7, 11) is 0. The highest BCUT2D eigenvalue weighted by Gasteiger charge is 2.48. The molecule has 0 spiro atoms. The van der Waals surface area contributed by atoms with Crippen LogP contribution >= 0.6 is 0 Å². The summed E-state index contributed by atoms with van der Waals surface area (Å²) in [6, 6.07) is 7.64. The first-order chi connectivity index (χ1) is 7.61. The molecule has 1 aromatic carbocycles. The largest absolute Gasteiger partial charge is 0.342 e. The normalized spacial score (nSPS) is 28.8. The minimum atomic E-state index is -0.880. The van der Waals surface area contributed by atoms with Crippen LogP contribution in [0.5, 0.6) is 0 Å². The van der Waals surface area contributed by atoms with Gasteiger partial charge in [0.05, 0.1) is 0 Å². The number of carbonyl (C=O) groups is 1. The molecule has 1 heterocycles. The highest BCUT2D eigenvalue weighted by atomic mass is 16.6. The van der Waals surface area contributed by atoms with Gasteiger partial charge in [0.1, 0.15) is 12.0 Å². The maximum atomic E-state index is 11.5. The molecule has 16 heavy (non-hydrogen) atoms. The molecule has 0 aromatic heterocycles. The van der Waals surface area contributed by atoms with Crippen LogP contribution < -0.4 is 5.32 Å². The number of benzene rings is 1. The van der Waals surface area contributed by atoms with Crippen LogP contribution in [0.2, 0.25) is 0 Å². The van der Waals surface area contributed by atoms with Crippen molar-refractivity contribution in [2.75, 3.05) is 0 Å². The first kappa shape index (κ1) is 10.6. The first-order valence-corrected chi connectivity index (χ1v) is 5.10. The predicted octanol–water partition coefficient (Wildman–Crippen LogP) is 1.14. The van der Waals surface area contributed by atoms with Crippen LogP contribution in [-0.4, -0.2) is 16.9 Å². The molecule has 1 amide bonds. The highest BCUT2D eigenvalue weighted by molar-refractivity contribution is 5.82. The molecule has 0 bridgehead atoms. The molecule has 1 aliphatic rings. The van der Waals surface area contributed by atoms with Gasteiger partial charge in [-0.1, -0.05) is 30.3 Å². The van der Waals surface area contributed by atoms with E-state index in [1.165, 1.54) is 0 Å². The molecule has 1 fully saturated rings. The topological polar surface area (TPSA) is 72.2 Å². The predicted molar refractivity (Wildman–Crippen MR) is 57.3 cm³/mol. The van der Waals surface area contributed by atoms with Crippen molar-refractivity contribution >= 4 is 5.91 Å². The number of nitrogens with zero attached hydrogens (tertiary/aromatic N) is 1. The maximum Gasteiger partial charge on any atom is 0.248 e. The summed E-state index contributed by atoms with van der Waals surface area (Å²) >= 11 is 0. The standard InChI is InChI=1S/C11H12N2O3/c1-7-10(13(15)16)9(12-11(7)14)8-5-3-2-4-6-8/h2-7,9-10H,1H3,(H,12,14). The van der Waals surface area contributed by atoms with Crippen LogP contribution in [0.15, 0.2) is 30.3 Å². The zero-order valence-electron chi connectivity index (χ0n) is 8.79. The van der Waals surface area contributed by atoms with Crippen molar-refractivity contribution in [2.45, 2.75) is 19.0 Å². The highest BCUT2D eigenvalue weighted by Crippen LogP contribution is 2.30. The van der Waals surface area contributed by atoms with E-state index in [0.717, 1.165) is 5.56 Å². The Morgan fingerprint density at radius 1 is 1.31 bits per heavy atom. The first-order valence-electron chi connectivity index (χ1n) is 5.10. The average molecular weight is 220 g/mol. The SMILES string of the molecule is CC1C(=O)NC(c2ccccc2)C1[N+](=O)[O-]. The smallest absolute Gasteiger partial charge is 0.248 e. The molecule has 1 saturated heterocycles. The lowest BCUT2D eigenvalue weighted by atomic mass is 9.96. The Hall–Kier alpha value is -1.91. The van der Waals surface area contributed by atoms with E-state index in [1.807, 2.05) is 18.2 Å². The summed E-state index contributed by atoms with van der Waals surface area (Å²) in [4.78, 5) is 22.0. The van der Waals surface area contributed by atoms with Crippen molar-refractivity contribution in [1.29, 1.82) is 0 Å². The minimum Gasteiger partial charge on any atom is -0.342 e. The van der Waals surface area contributed by atoms with Gasteiger partial charge in [0.15, 0.2) is 0 Å². The molecule has 1 N–H and O–H groups in total.